The van der Waals surface area contributed by atoms with Gasteiger partial charge in [0.2, 0.25) is 0 Å². The van der Waals surface area contributed by atoms with Crippen LogP contribution in [0.5, 0.6) is 5.75 Å². The highest BCUT2D eigenvalue weighted by atomic mass is 32.2. The van der Waals surface area contributed by atoms with E-state index in [9.17, 15) is 18.4 Å². The predicted molar refractivity (Wildman–Crippen MR) is 101 cm³/mol. The van der Waals surface area contributed by atoms with Gasteiger partial charge in [-0.25, -0.2) is 4.79 Å². The van der Waals surface area contributed by atoms with E-state index in [0.29, 0.717) is 59.9 Å². The molecule has 9 heteroatoms. The summed E-state index contributed by atoms with van der Waals surface area (Å²) in [6, 6.07) is 10.3. The number of hydrogen-bond acceptors (Lipinski definition) is 5. The number of carbonyl (C=O) groups is 2. The molecule has 1 aliphatic rings. The standard InChI is InChI=1S/C18H18F2N2O3S2/c19-17(20)27-14-7-12-26-15(14)16(23)21-8-4-9-22(11-10-21)18(24)25-13-5-2-1-3-6-13/h1-3,5-7,12,17H,4,8-11H2. The molecule has 0 radical (unpaired) electrons. The molecule has 1 fully saturated rings. The number of benzene rings is 1. The van der Waals surface area contributed by atoms with Gasteiger partial charge >= 0.3 is 6.09 Å². The van der Waals surface area contributed by atoms with Gasteiger partial charge in [0.25, 0.3) is 11.7 Å². The van der Waals surface area contributed by atoms with Crippen molar-refractivity contribution in [2.75, 3.05) is 26.2 Å². The lowest BCUT2D eigenvalue weighted by Crippen LogP contribution is -2.38. The Kier molecular flexibility index (Phi) is 6.68. The van der Waals surface area contributed by atoms with Crippen molar-refractivity contribution in [1.29, 1.82) is 0 Å². The van der Waals surface area contributed by atoms with Gasteiger partial charge in [-0.3, -0.25) is 4.79 Å². The molecule has 0 unspecified atom stereocenters. The van der Waals surface area contributed by atoms with Crippen molar-refractivity contribution >= 4 is 35.1 Å². The molecule has 144 valence electrons. The molecule has 3 rings (SSSR count). The number of ether oxygens (including phenoxy) is 1. The summed E-state index contributed by atoms with van der Waals surface area (Å²) in [5, 5.41) is 1.64. The van der Waals surface area contributed by atoms with Crippen LogP contribution >= 0.6 is 23.1 Å². The second kappa shape index (κ2) is 9.18. The molecule has 2 heterocycles. The number of carbonyl (C=O) groups excluding carboxylic acids is 2. The van der Waals surface area contributed by atoms with Crippen molar-refractivity contribution in [1.82, 2.24) is 9.80 Å². The van der Waals surface area contributed by atoms with E-state index < -0.39 is 11.9 Å². The summed E-state index contributed by atoms with van der Waals surface area (Å²) in [7, 11) is 0. The molecule has 0 spiro atoms. The molecule has 0 bridgehead atoms. The number of para-hydroxylation sites is 1. The molecule has 1 saturated heterocycles. The maximum Gasteiger partial charge on any atom is 0.415 e. The number of nitrogens with zero attached hydrogens (tertiary/aromatic N) is 2. The van der Waals surface area contributed by atoms with Gasteiger partial charge in [-0.1, -0.05) is 30.0 Å². The zero-order chi connectivity index (χ0) is 19.2. The van der Waals surface area contributed by atoms with Crippen LogP contribution in [0.1, 0.15) is 16.1 Å². The van der Waals surface area contributed by atoms with Gasteiger partial charge in [-0.05, 0) is 30.0 Å². The third kappa shape index (κ3) is 5.20. The summed E-state index contributed by atoms with van der Waals surface area (Å²) in [6.07, 6.45) is 0.138. The lowest BCUT2D eigenvalue weighted by atomic mass is 10.3. The monoisotopic (exact) mass is 412 g/mol. The number of thioether (sulfide) groups is 1. The van der Waals surface area contributed by atoms with Gasteiger partial charge < -0.3 is 14.5 Å². The van der Waals surface area contributed by atoms with Gasteiger partial charge in [-0.15, -0.1) is 11.3 Å². The Morgan fingerprint density at radius 3 is 2.48 bits per heavy atom. The molecule has 1 aromatic heterocycles. The third-order valence-electron chi connectivity index (χ3n) is 4.03. The van der Waals surface area contributed by atoms with Crippen LogP contribution in [0.4, 0.5) is 13.6 Å². The Morgan fingerprint density at radius 2 is 1.74 bits per heavy atom. The van der Waals surface area contributed by atoms with Crippen LogP contribution in [-0.4, -0.2) is 53.7 Å². The Labute approximate surface area is 163 Å². The Hall–Kier alpha value is -2.13. The van der Waals surface area contributed by atoms with E-state index in [2.05, 4.69) is 0 Å². The minimum atomic E-state index is -2.57. The Morgan fingerprint density at radius 1 is 1.04 bits per heavy atom. The van der Waals surface area contributed by atoms with Gasteiger partial charge in [0.15, 0.2) is 0 Å². The fraction of sp³-hybridized carbons (Fsp3) is 0.333. The summed E-state index contributed by atoms with van der Waals surface area (Å²) < 4.78 is 30.6. The van der Waals surface area contributed by atoms with Gasteiger partial charge in [-0.2, -0.15) is 8.78 Å². The fourth-order valence-corrected chi connectivity index (χ4v) is 4.40. The number of hydrogen-bond donors (Lipinski definition) is 0. The van der Waals surface area contributed by atoms with Crippen molar-refractivity contribution in [3.05, 3.63) is 46.7 Å². The van der Waals surface area contributed by atoms with Gasteiger partial charge in [0.05, 0.1) is 0 Å². The molecule has 0 aliphatic carbocycles. The lowest BCUT2D eigenvalue weighted by molar-refractivity contribution is 0.0761. The van der Waals surface area contributed by atoms with Crippen molar-refractivity contribution in [3.8, 4) is 5.75 Å². The summed E-state index contributed by atoms with van der Waals surface area (Å²) in [4.78, 5) is 28.8. The van der Waals surface area contributed by atoms with Crippen LogP contribution in [0.15, 0.2) is 46.7 Å². The maximum absolute atomic E-state index is 12.7. The maximum atomic E-state index is 12.7. The highest BCUT2D eigenvalue weighted by Gasteiger charge is 2.26. The first-order valence-corrected chi connectivity index (χ1v) is 10.1. The van der Waals surface area contributed by atoms with Crippen LogP contribution in [0.25, 0.3) is 0 Å². The SMILES string of the molecule is O=C(Oc1ccccc1)N1CCCN(C(=O)c2sccc2SC(F)F)CC1. The van der Waals surface area contributed by atoms with Crippen molar-refractivity contribution in [2.24, 2.45) is 0 Å². The van der Waals surface area contributed by atoms with Crippen LogP contribution < -0.4 is 4.74 Å². The van der Waals surface area contributed by atoms with Crippen LogP contribution in [0, 0.1) is 0 Å². The molecule has 27 heavy (non-hydrogen) atoms. The smallest absolute Gasteiger partial charge is 0.410 e. The first-order chi connectivity index (χ1) is 13.0. The normalized spacial score (nSPS) is 14.9. The number of halogens is 2. The molecule has 0 saturated carbocycles. The number of amides is 2. The summed E-state index contributed by atoms with van der Waals surface area (Å²) in [5.41, 5.74) is 0. The predicted octanol–water partition coefficient (Wildman–Crippen LogP) is 4.41. The van der Waals surface area contributed by atoms with Crippen LogP contribution in [-0.2, 0) is 0 Å². The van der Waals surface area contributed by atoms with Gasteiger partial charge in [0, 0.05) is 31.1 Å². The van der Waals surface area contributed by atoms with Crippen molar-refractivity contribution in [3.63, 3.8) is 0 Å². The van der Waals surface area contributed by atoms with E-state index in [1.165, 1.54) is 6.07 Å². The molecule has 2 amide bonds. The number of thiophene rings is 1. The third-order valence-corrected chi connectivity index (χ3v) is 5.83. The first-order valence-electron chi connectivity index (χ1n) is 8.38. The lowest BCUT2D eigenvalue weighted by Gasteiger charge is -2.21. The van der Waals surface area contributed by atoms with E-state index in [0.717, 1.165) is 11.3 Å². The summed E-state index contributed by atoms with van der Waals surface area (Å²) in [6.45, 7) is 1.60. The molecule has 1 aliphatic heterocycles. The average molecular weight is 412 g/mol. The topological polar surface area (TPSA) is 49.9 Å². The van der Waals surface area contributed by atoms with Crippen molar-refractivity contribution in [2.45, 2.75) is 17.1 Å². The highest BCUT2D eigenvalue weighted by Crippen LogP contribution is 2.33. The van der Waals surface area contributed by atoms with Gasteiger partial charge in [0.1, 0.15) is 10.6 Å². The molecule has 0 N–H and O–H groups in total. The number of rotatable bonds is 4. The second-order valence-electron chi connectivity index (χ2n) is 5.81. The molecule has 5 nitrogen and oxygen atoms in total. The second-order valence-corrected chi connectivity index (χ2v) is 7.75. The Bertz CT molecular complexity index is 786. The summed E-state index contributed by atoms with van der Waals surface area (Å²) in [5.74, 6) is -2.38. The van der Waals surface area contributed by atoms with E-state index in [-0.39, 0.29) is 5.91 Å². The highest BCUT2D eigenvalue weighted by molar-refractivity contribution is 7.99. The quantitative estimate of drug-likeness (QED) is 0.698. The zero-order valence-corrected chi connectivity index (χ0v) is 16.0. The minimum Gasteiger partial charge on any atom is -0.410 e. The molecular weight excluding hydrogens is 394 g/mol. The van der Waals surface area contributed by atoms with E-state index in [1.54, 1.807) is 39.4 Å². The number of alkyl halides is 2. The molecule has 2 aromatic rings. The fourth-order valence-electron chi connectivity index (χ4n) is 2.74. The van der Waals surface area contributed by atoms with E-state index >= 15 is 0 Å². The van der Waals surface area contributed by atoms with Crippen LogP contribution in [0.3, 0.4) is 0 Å². The zero-order valence-electron chi connectivity index (χ0n) is 14.3. The Balaban J connectivity index is 1.60. The average Bonchev–Trinajstić information content (AvgIpc) is 2.95. The van der Waals surface area contributed by atoms with E-state index in [1.807, 2.05) is 6.07 Å². The molecule has 1 aromatic carbocycles. The van der Waals surface area contributed by atoms with Crippen molar-refractivity contribution < 1.29 is 23.1 Å². The minimum absolute atomic E-state index is 0.272. The summed E-state index contributed by atoms with van der Waals surface area (Å²) >= 11 is 1.54. The largest absolute Gasteiger partial charge is 0.415 e. The first kappa shape index (κ1) is 19.6. The molecular formula is C18H18F2N2O3S2. The molecule has 0 atom stereocenters. The van der Waals surface area contributed by atoms with E-state index in [4.69, 9.17) is 4.74 Å². The van der Waals surface area contributed by atoms with Crippen LogP contribution in [0.2, 0.25) is 0 Å².